The molecule has 0 N–H and O–H groups in total. The molecule has 0 atom stereocenters. The van der Waals surface area contributed by atoms with Crippen LogP contribution in [0.15, 0.2) is 29.2 Å². The second kappa shape index (κ2) is 8.25. The molecule has 0 nitrogen and oxygen atoms in total. The van der Waals surface area contributed by atoms with E-state index in [2.05, 4.69) is 56.9 Å². The van der Waals surface area contributed by atoms with Crippen LogP contribution in [0.2, 0.25) is 0 Å². The summed E-state index contributed by atoms with van der Waals surface area (Å²) in [6.45, 7) is 6.63. The Bertz CT molecular complexity index is 380. The van der Waals surface area contributed by atoms with Crippen LogP contribution >= 0.6 is 11.8 Å². The van der Waals surface area contributed by atoms with Crippen LogP contribution in [0.5, 0.6) is 0 Å². The average Bonchev–Trinajstić information content (AvgIpc) is 2.38. The molecule has 17 heavy (non-hydrogen) atoms. The molecular formula is C16H22S. The SMILES string of the molecule is CCC#Cc1cccc(SCC(CC)CC)c1. The minimum absolute atomic E-state index is 0.838. The van der Waals surface area contributed by atoms with Crippen LogP contribution < -0.4 is 0 Å². The Hall–Kier alpha value is -0.870. The van der Waals surface area contributed by atoms with Crippen LogP contribution in [-0.4, -0.2) is 5.75 Å². The maximum absolute atomic E-state index is 3.19. The zero-order chi connectivity index (χ0) is 12.5. The van der Waals surface area contributed by atoms with Crippen LogP contribution in [-0.2, 0) is 0 Å². The van der Waals surface area contributed by atoms with E-state index in [0.29, 0.717) is 0 Å². The summed E-state index contributed by atoms with van der Waals surface area (Å²) in [7, 11) is 0. The van der Waals surface area contributed by atoms with Crippen molar-refractivity contribution in [1.82, 2.24) is 0 Å². The summed E-state index contributed by atoms with van der Waals surface area (Å²) < 4.78 is 0. The summed E-state index contributed by atoms with van der Waals surface area (Å²) in [5.41, 5.74) is 1.14. The van der Waals surface area contributed by atoms with Gasteiger partial charge in [0.15, 0.2) is 0 Å². The Balaban J connectivity index is 2.59. The molecule has 0 aliphatic heterocycles. The number of thioether (sulfide) groups is 1. The third-order valence-corrected chi connectivity index (χ3v) is 4.11. The van der Waals surface area contributed by atoms with E-state index in [4.69, 9.17) is 0 Å². The minimum Gasteiger partial charge on any atom is -0.126 e. The average molecular weight is 246 g/mol. The smallest absolute Gasteiger partial charge is 0.0256 e. The number of rotatable bonds is 5. The first-order valence-corrected chi connectivity index (χ1v) is 7.50. The van der Waals surface area contributed by atoms with E-state index in [-0.39, 0.29) is 0 Å². The predicted molar refractivity (Wildman–Crippen MR) is 78.4 cm³/mol. The summed E-state index contributed by atoms with van der Waals surface area (Å²) in [5, 5.41) is 0. The molecule has 1 aromatic carbocycles. The molecule has 1 rings (SSSR count). The Morgan fingerprint density at radius 1 is 1.18 bits per heavy atom. The highest BCUT2D eigenvalue weighted by Gasteiger charge is 2.04. The lowest BCUT2D eigenvalue weighted by molar-refractivity contribution is 0.554. The molecule has 92 valence electrons. The highest BCUT2D eigenvalue weighted by atomic mass is 32.2. The van der Waals surface area contributed by atoms with Gasteiger partial charge < -0.3 is 0 Å². The van der Waals surface area contributed by atoms with E-state index in [1.54, 1.807) is 0 Å². The lowest BCUT2D eigenvalue weighted by atomic mass is 10.1. The van der Waals surface area contributed by atoms with Gasteiger partial charge in [0, 0.05) is 22.6 Å². The van der Waals surface area contributed by atoms with Gasteiger partial charge >= 0.3 is 0 Å². The molecule has 0 heterocycles. The highest BCUT2D eigenvalue weighted by Crippen LogP contribution is 2.24. The van der Waals surface area contributed by atoms with Gasteiger partial charge in [0.05, 0.1) is 0 Å². The molecule has 0 saturated heterocycles. The van der Waals surface area contributed by atoms with E-state index in [0.717, 1.165) is 17.9 Å². The van der Waals surface area contributed by atoms with Gasteiger partial charge in [0.1, 0.15) is 0 Å². The standard InChI is InChI=1S/C16H22S/c1-4-7-9-15-10-8-11-16(12-15)17-13-14(5-2)6-3/h8,10-12,14H,4-6,13H2,1-3H3. The maximum atomic E-state index is 3.19. The van der Waals surface area contributed by atoms with Crippen molar-refractivity contribution in [1.29, 1.82) is 0 Å². The summed E-state index contributed by atoms with van der Waals surface area (Å²) in [4.78, 5) is 1.35. The van der Waals surface area contributed by atoms with Gasteiger partial charge in [-0.25, -0.2) is 0 Å². The van der Waals surface area contributed by atoms with Gasteiger partial charge in [-0.3, -0.25) is 0 Å². The van der Waals surface area contributed by atoms with Crippen molar-refractivity contribution in [2.24, 2.45) is 5.92 Å². The van der Waals surface area contributed by atoms with Crippen LogP contribution in [0, 0.1) is 17.8 Å². The van der Waals surface area contributed by atoms with E-state index < -0.39 is 0 Å². The number of benzene rings is 1. The molecular weight excluding hydrogens is 224 g/mol. The summed E-state index contributed by atoms with van der Waals surface area (Å²) in [6.07, 6.45) is 3.47. The van der Waals surface area contributed by atoms with Crippen molar-refractivity contribution in [3.8, 4) is 11.8 Å². The first-order chi connectivity index (χ1) is 8.30. The molecule has 1 heteroatoms. The fourth-order valence-electron chi connectivity index (χ4n) is 1.59. The van der Waals surface area contributed by atoms with Crippen molar-refractivity contribution >= 4 is 11.8 Å². The van der Waals surface area contributed by atoms with Gasteiger partial charge in [-0.1, -0.05) is 51.5 Å². The van der Waals surface area contributed by atoms with Crippen LogP contribution in [0.4, 0.5) is 0 Å². The monoisotopic (exact) mass is 246 g/mol. The molecule has 0 bridgehead atoms. The van der Waals surface area contributed by atoms with Gasteiger partial charge in [-0.05, 0) is 24.1 Å². The topological polar surface area (TPSA) is 0 Å². The fourth-order valence-corrected chi connectivity index (χ4v) is 2.88. The Labute approximate surface area is 110 Å². The lowest BCUT2D eigenvalue weighted by Gasteiger charge is -2.11. The van der Waals surface area contributed by atoms with Crippen LogP contribution in [0.3, 0.4) is 0 Å². The number of hydrogen-bond donors (Lipinski definition) is 0. The fraction of sp³-hybridized carbons (Fsp3) is 0.500. The molecule has 0 unspecified atom stereocenters. The quantitative estimate of drug-likeness (QED) is 0.522. The highest BCUT2D eigenvalue weighted by molar-refractivity contribution is 7.99. The third kappa shape index (κ3) is 5.33. The molecule has 0 amide bonds. The van der Waals surface area contributed by atoms with Crippen molar-refractivity contribution in [2.45, 2.75) is 44.9 Å². The van der Waals surface area contributed by atoms with Crippen molar-refractivity contribution in [3.63, 3.8) is 0 Å². The zero-order valence-electron chi connectivity index (χ0n) is 11.1. The molecule has 0 spiro atoms. The number of hydrogen-bond acceptors (Lipinski definition) is 1. The van der Waals surface area contributed by atoms with Gasteiger partial charge in [-0.2, -0.15) is 0 Å². The van der Waals surface area contributed by atoms with E-state index in [1.807, 2.05) is 11.8 Å². The molecule has 0 aliphatic rings. The minimum atomic E-state index is 0.838. The maximum Gasteiger partial charge on any atom is 0.0256 e. The molecule has 0 aliphatic carbocycles. The molecule has 0 radical (unpaired) electrons. The lowest BCUT2D eigenvalue weighted by Crippen LogP contribution is -1.99. The normalized spacial score (nSPS) is 10.1. The summed E-state index contributed by atoms with van der Waals surface area (Å²) in [6, 6.07) is 8.58. The predicted octanol–water partition coefficient (Wildman–Crippen LogP) is 4.98. The summed E-state index contributed by atoms with van der Waals surface area (Å²) >= 11 is 1.96. The Morgan fingerprint density at radius 3 is 2.59 bits per heavy atom. The van der Waals surface area contributed by atoms with Crippen molar-refractivity contribution in [3.05, 3.63) is 29.8 Å². The second-order valence-electron chi connectivity index (χ2n) is 4.18. The van der Waals surface area contributed by atoms with Crippen molar-refractivity contribution < 1.29 is 0 Å². The first kappa shape index (κ1) is 14.2. The Kier molecular flexibility index (Phi) is 6.89. The second-order valence-corrected chi connectivity index (χ2v) is 5.27. The van der Waals surface area contributed by atoms with Gasteiger partial charge in [0.2, 0.25) is 0 Å². The van der Waals surface area contributed by atoms with Crippen LogP contribution in [0.1, 0.15) is 45.6 Å². The molecule has 1 aromatic rings. The van der Waals surface area contributed by atoms with Crippen molar-refractivity contribution in [2.75, 3.05) is 5.75 Å². The molecule has 0 saturated carbocycles. The van der Waals surface area contributed by atoms with Crippen LogP contribution in [0.25, 0.3) is 0 Å². The van der Waals surface area contributed by atoms with E-state index in [9.17, 15) is 0 Å². The van der Waals surface area contributed by atoms with E-state index >= 15 is 0 Å². The van der Waals surface area contributed by atoms with E-state index in [1.165, 1.54) is 23.5 Å². The summed E-state index contributed by atoms with van der Waals surface area (Å²) in [5.74, 6) is 8.36. The largest absolute Gasteiger partial charge is 0.126 e. The third-order valence-electron chi connectivity index (χ3n) is 2.88. The molecule has 0 aromatic heterocycles. The Morgan fingerprint density at radius 2 is 1.94 bits per heavy atom. The van der Waals surface area contributed by atoms with Gasteiger partial charge in [-0.15, -0.1) is 11.8 Å². The zero-order valence-corrected chi connectivity index (χ0v) is 11.9. The first-order valence-electron chi connectivity index (χ1n) is 6.51. The van der Waals surface area contributed by atoms with Gasteiger partial charge in [0.25, 0.3) is 0 Å². The molecule has 0 fully saturated rings.